The molecule has 0 bridgehead atoms. The molecule has 0 fully saturated rings. The number of aromatic nitrogens is 1. The third kappa shape index (κ3) is 3.49. The molecule has 2 aromatic rings. The van der Waals surface area contributed by atoms with Gasteiger partial charge in [-0.25, -0.2) is 0 Å². The van der Waals surface area contributed by atoms with E-state index in [-0.39, 0.29) is 0 Å². The van der Waals surface area contributed by atoms with Crippen LogP contribution in [0.4, 0.5) is 5.69 Å². The summed E-state index contributed by atoms with van der Waals surface area (Å²) in [6.07, 6.45) is 4.51. The fourth-order valence-electron chi connectivity index (χ4n) is 2.06. The van der Waals surface area contributed by atoms with Crippen molar-refractivity contribution in [2.75, 3.05) is 18.5 Å². The van der Waals surface area contributed by atoms with Crippen LogP contribution in [0, 0.1) is 11.3 Å². The maximum Gasteiger partial charge on any atom is 0.101 e. The van der Waals surface area contributed by atoms with Crippen LogP contribution in [0.5, 0.6) is 0 Å². The van der Waals surface area contributed by atoms with Gasteiger partial charge in [-0.1, -0.05) is 6.07 Å². The lowest BCUT2D eigenvalue weighted by Gasteiger charge is -2.21. The molecule has 3 nitrogen and oxygen atoms in total. The van der Waals surface area contributed by atoms with E-state index in [1.165, 1.54) is 5.56 Å². The highest BCUT2D eigenvalue weighted by Gasteiger charge is 2.08. The average Bonchev–Trinajstić information content (AvgIpc) is 2.52. The van der Waals surface area contributed by atoms with Gasteiger partial charge in [-0.3, -0.25) is 4.98 Å². The molecule has 0 atom stereocenters. The number of hydrogen-bond acceptors (Lipinski definition) is 3. The number of rotatable bonds is 5. The van der Waals surface area contributed by atoms with E-state index in [9.17, 15) is 5.26 Å². The van der Waals surface area contributed by atoms with Crippen molar-refractivity contribution in [2.24, 2.45) is 0 Å². The number of benzene rings is 1. The maximum atomic E-state index is 9.24. The number of alkyl halides is 1. The number of nitriles is 1. The van der Waals surface area contributed by atoms with Crippen molar-refractivity contribution < 1.29 is 0 Å². The van der Waals surface area contributed by atoms with Crippen molar-refractivity contribution in [3.8, 4) is 6.07 Å². The Bertz CT molecular complexity index is 605. The van der Waals surface area contributed by atoms with E-state index in [1.807, 2.05) is 37.4 Å². The molecule has 0 N–H and O–H groups in total. The lowest BCUT2D eigenvalue weighted by molar-refractivity contribution is 0.873. The van der Waals surface area contributed by atoms with Crippen LogP contribution in [-0.2, 0) is 12.3 Å². The van der Waals surface area contributed by atoms with Gasteiger partial charge in [-0.2, -0.15) is 5.26 Å². The first-order valence-corrected chi connectivity index (χ1v) is 6.97. The van der Waals surface area contributed by atoms with Gasteiger partial charge in [-0.15, -0.1) is 11.6 Å². The van der Waals surface area contributed by atoms with Gasteiger partial charge >= 0.3 is 0 Å². The second kappa shape index (κ2) is 6.93. The summed E-state index contributed by atoms with van der Waals surface area (Å²) in [5, 5.41) is 9.24. The minimum atomic E-state index is 0.426. The molecule has 0 aliphatic heterocycles. The summed E-state index contributed by atoms with van der Waals surface area (Å²) in [5.41, 5.74) is 3.81. The van der Waals surface area contributed by atoms with Gasteiger partial charge in [0, 0.05) is 31.9 Å². The second-order valence-corrected chi connectivity index (χ2v) is 4.89. The minimum absolute atomic E-state index is 0.426. The molecule has 0 aliphatic rings. The third-order valence-corrected chi connectivity index (χ3v) is 3.54. The first kappa shape index (κ1) is 14.4. The highest BCUT2D eigenvalue weighted by atomic mass is 35.5. The van der Waals surface area contributed by atoms with Crippen molar-refractivity contribution >= 4 is 17.3 Å². The molecule has 1 heterocycles. The Hall–Kier alpha value is -2.05. The van der Waals surface area contributed by atoms with Crippen molar-refractivity contribution in [2.45, 2.75) is 12.3 Å². The topological polar surface area (TPSA) is 39.9 Å². The second-order valence-electron chi connectivity index (χ2n) is 4.62. The summed E-state index contributed by atoms with van der Waals surface area (Å²) in [6.45, 7) is 0.846. The summed E-state index contributed by atoms with van der Waals surface area (Å²) < 4.78 is 0. The highest BCUT2D eigenvalue weighted by molar-refractivity contribution is 6.17. The van der Waals surface area contributed by atoms with Gasteiger partial charge in [0.1, 0.15) is 6.07 Å². The predicted molar refractivity (Wildman–Crippen MR) is 81.9 cm³/mol. The smallest absolute Gasteiger partial charge is 0.101 e. The molecular formula is C16H16ClN3. The Balaban J connectivity index is 2.09. The zero-order chi connectivity index (χ0) is 14.4. The summed E-state index contributed by atoms with van der Waals surface area (Å²) in [4.78, 5) is 6.10. The fourth-order valence-corrected chi connectivity index (χ4v) is 2.22. The molecule has 20 heavy (non-hydrogen) atoms. The van der Waals surface area contributed by atoms with Crippen molar-refractivity contribution in [1.29, 1.82) is 5.26 Å². The molecule has 0 unspecified atom stereocenters. The highest BCUT2D eigenvalue weighted by Crippen LogP contribution is 2.21. The van der Waals surface area contributed by atoms with E-state index >= 15 is 0 Å². The van der Waals surface area contributed by atoms with Gasteiger partial charge in [0.25, 0.3) is 0 Å². The fraction of sp³-hybridized carbons (Fsp3) is 0.250. The summed E-state index contributed by atoms with van der Waals surface area (Å²) in [6, 6.07) is 12.0. The first-order chi connectivity index (χ1) is 9.74. The predicted octanol–water partition coefficient (Wildman–Crippen LogP) is 3.37. The summed E-state index contributed by atoms with van der Waals surface area (Å²) >= 11 is 5.80. The number of anilines is 1. The Morgan fingerprint density at radius 3 is 2.60 bits per heavy atom. The SMILES string of the molecule is CN(CCc1ccncc1)c1ccc(CCl)cc1C#N. The van der Waals surface area contributed by atoms with Crippen LogP contribution in [0.2, 0.25) is 0 Å². The Labute approximate surface area is 124 Å². The van der Waals surface area contributed by atoms with Gasteiger partial charge in [-0.05, 0) is 41.8 Å². The largest absolute Gasteiger partial charge is 0.373 e. The summed E-state index contributed by atoms with van der Waals surface area (Å²) in [5.74, 6) is 0.426. The zero-order valence-electron chi connectivity index (χ0n) is 11.4. The molecule has 0 saturated heterocycles. The lowest BCUT2D eigenvalue weighted by atomic mass is 10.1. The normalized spacial score (nSPS) is 10.1. The Kier molecular flexibility index (Phi) is 4.97. The average molecular weight is 286 g/mol. The number of likely N-dealkylation sites (N-methyl/N-ethyl adjacent to an activating group) is 1. The van der Waals surface area contributed by atoms with E-state index in [4.69, 9.17) is 11.6 Å². The number of halogens is 1. The number of pyridine rings is 1. The van der Waals surface area contributed by atoms with E-state index < -0.39 is 0 Å². The van der Waals surface area contributed by atoms with Crippen molar-refractivity contribution in [1.82, 2.24) is 4.98 Å². The molecule has 0 spiro atoms. The molecule has 0 amide bonds. The maximum absolute atomic E-state index is 9.24. The Morgan fingerprint density at radius 2 is 1.95 bits per heavy atom. The van der Waals surface area contributed by atoms with Crippen LogP contribution in [0.3, 0.4) is 0 Å². The van der Waals surface area contributed by atoms with E-state index in [0.717, 1.165) is 24.2 Å². The molecule has 4 heteroatoms. The van der Waals surface area contributed by atoms with Crippen LogP contribution in [0.25, 0.3) is 0 Å². The quantitative estimate of drug-likeness (QED) is 0.791. The van der Waals surface area contributed by atoms with Crippen LogP contribution in [-0.4, -0.2) is 18.6 Å². The minimum Gasteiger partial charge on any atom is -0.373 e. The van der Waals surface area contributed by atoms with Gasteiger partial charge in [0.15, 0.2) is 0 Å². The van der Waals surface area contributed by atoms with Crippen LogP contribution < -0.4 is 4.90 Å². The van der Waals surface area contributed by atoms with E-state index in [0.29, 0.717) is 11.4 Å². The standard InChI is InChI=1S/C16H16ClN3/c1-20(9-6-13-4-7-19-8-5-13)16-3-2-14(11-17)10-15(16)12-18/h2-5,7-8,10H,6,9,11H2,1H3. The number of nitrogens with zero attached hydrogens (tertiary/aromatic N) is 3. The van der Waals surface area contributed by atoms with Crippen molar-refractivity contribution in [3.05, 3.63) is 59.4 Å². The van der Waals surface area contributed by atoms with Crippen molar-refractivity contribution in [3.63, 3.8) is 0 Å². The molecule has 2 rings (SSSR count). The molecule has 1 aromatic carbocycles. The van der Waals surface area contributed by atoms with E-state index in [2.05, 4.69) is 16.0 Å². The molecule has 0 aliphatic carbocycles. The summed E-state index contributed by atoms with van der Waals surface area (Å²) in [7, 11) is 2.00. The number of hydrogen-bond donors (Lipinski definition) is 0. The van der Waals surface area contributed by atoms with Crippen LogP contribution >= 0.6 is 11.6 Å². The van der Waals surface area contributed by atoms with Gasteiger partial charge < -0.3 is 4.90 Å². The lowest BCUT2D eigenvalue weighted by Crippen LogP contribution is -2.21. The van der Waals surface area contributed by atoms with Crippen LogP contribution in [0.15, 0.2) is 42.7 Å². The van der Waals surface area contributed by atoms with Gasteiger partial charge in [0.05, 0.1) is 11.3 Å². The van der Waals surface area contributed by atoms with E-state index in [1.54, 1.807) is 12.4 Å². The van der Waals surface area contributed by atoms with Gasteiger partial charge in [0.2, 0.25) is 0 Å². The molecule has 102 valence electrons. The zero-order valence-corrected chi connectivity index (χ0v) is 12.1. The Morgan fingerprint density at radius 1 is 1.20 bits per heavy atom. The molecule has 0 radical (unpaired) electrons. The molecular weight excluding hydrogens is 270 g/mol. The monoisotopic (exact) mass is 285 g/mol. The third-order valence-electron chi connectivity index (χ3n) is 3.23. The molecule has 1 aromatic heterocycles. The molecule has 0 saturated carbocycles. The first-order valence-electron chi connectivity index (χ1n) is 6.43. The van der Waals surface area contributed by atoms with Crippen LogP contribution in [0.1, 0.15) is 16.7 Å².